The van der Waals surface area contributed by atoms with Crippen LogP contribution in [-0.2, 0) is 6.42 Å². The van der Waals surface area contributed by atoms with Crippen molar-refractivity contribution >= 4 is 22.6 Å². The second kappa shape index (κ2) is 5.05. The molecule has 0 unspecified atom stereocenters. The van der Waals surface area contributed by atoms with Gasteiger partial charge < -0.3 is 5.11 Å². The fourth-order valence-electron chi connectivity index (χ4n) is 2.46. The highest BCUT2D eigenvalue weighted by Gasteiger charge is 2.31. The average molecular weight is 330 g/mol. The first-order valence-electron chi connectivity index (χ1n) is 6.04. The minimum absolute atomic E-state index is 0.445. The molecule has 0 aromatic heterocycles. The van der Waals surface area contributed by atoms with E-state index in [1.165, 1.54) is 22.0 Å². The molecule has 88 valence electrons. The molecule has 1 nitrogen and oxygen atoms in total. The summed E-state index contributed by atoms with van der Waals surface area (Å²) in [4.78, 5) is 0. The first-order valence-corrected chi connectivity index (χ1v) is 7.12. The lowest BCUT2D eigenvalue weighted by Gasteiger charge is -2.35. The van der Waals surface area contributed by atoms with Gasteiger partial charge in [0, 0.05) is 9.99 Å². The first-order chi connectivity index (χ1) is 7.57. The Balaban J connectivity index is 2.00. The number of aliphatic hydroxyl groups is 1. The summed E-state index contributed by atoms with van der Waals surface area (Å²) in [5.41, 5.74) is 0.816. The van der Waals surface area contributed by atoms with Crippen molar-refractivity contribution in [2.75, 3.05) is 0 Å². The van der Waals surface area contributed by atoms with Gasteiger partial charge in [-0.25, -0.2) is 0 Å². The van der Waals surface area contributed by atoms with Gasteiger partial charge in [-0.3, -0.25) is 0 Å². The van der Waals surface area contributed by atoms with Gasteiger partial charge in [-0.2, -0.15) is 0 Å². The van der Waals surface area contributed by atoms with Crippen LogP contribution >= 0.6 is 22.6 Å². The van der Waals surface area contributed by atoms with E-state index >= 15 is 0 Å². The molecule has 0 spiro atoms. The van der Waals surface area contributed by atoms with E-state index in [9.17, 15) is 5.11 Å². The highest BCUT2D eigenvalue weighted by molar-refractivity contribution is 14.1. The van der Waals surface area contributed by atoms with Gasteiger partial charge in [-0.05, 0) is 71.9 Å². The van der Waals surface area contributed by atoms with Crippen LogP contribution in [0.3, 0.4) is 0 Å². The predicted octanol–water partition coefficient (Wildman–Crippen LogP) is 3.77. The molecule has 1 aromatic rings. The summed E-state index contributed by atoms with van der Waals surface area (Å²) in [5.74, 6) is 0.789. The monoisotopic (exact) mass is 330 g/mol. The minimum atomic E-state index is -0.445. The highest BCUT2D eigenvalue weighted by atomic mass is 127. The zero-order valence-electron chi connectivity index (χ0n) is 9.75. The number of rotatable bonds is 2. The zero-order chi connectivity index (χ0) is 11.6. The van der Waals surface area contributed by atoms with Crippen LogP contribution in [0.5, 0.6) is 0 Å². The Hall–Kier alpha value is -0.0900. The lowest BCUT2D eigenvalue weighted by Crippen LogP contribution is -2.35. The maximum atomic E-state index is 10.5. The number of hydrogen-bond donors (Lipinski definition) is 1. The molecular formula is C14H19IO. The van der Waals surface area contributed by atoms with Crippen molar-refractivity contribution in [1.29, 1.82) is 0 Å². The van der Waals surface area contributed by atoms with Crippen molar-refractivity contribution in [1.82, 2.24) is 0 Å². The van der Waals surface area contributed by atoms with Crippen LogP contribution in [0.25, 0.3) is 0 Å². The summed E-state index contributed by atoms with van der Waals surface area (Å²) in [6.07, 6.45) is 5.07. The van der Waals surface area contributed by atoms with E-state index in [0.29, 0.717) is 0 Å². The van der Waals surface area contributed by atoms with Crippen LogP contribution in [0.15, 0.2) is 24.3 Å². The Labute approximate surface area is 111 Å². The van der Waals surface area contributed by atoms with Crippen LogP contribution in [-0.4, -0.2) is 10.7 Å². The van der Waals surface area contributed by atoms with Gasteiger partial charge >= 0.3 is 0 Å². The van der Waals surface area contributed by atoms with E-state index < -0.39 is 5.60 Å². The molecule has 0 aliphatic heterocycles. The smallest absolute Gasteiger partial charge is 0.0688 e. The molecule has 2 rings (SSSR count). The van der Waals surface area contributed by atoms with E-state index in [1.807, 2.05) is 0 Å². The van der Waals surface area contributed by atoms with Crippen molar-refractivity contribution in [2.24, 2.45) is 5.92 Å². The molecule has 1 fully saturated rings. The lowest BCUT2D eigenvalue weighted by molar-refractivity contribution is -0.00667. The van der Waals surface area contributed by atoms with E-state index in [-0.39, 0.29) is 0 Å². The van der Waals surface area contributed by atoms with Crippen LogP contribution in [0.2, 0.25) is 0 Å². The second-order valence-corrected chi connectivity index (χ2v) is 6.46. The molecule has 0 saturated heterocycles. The summed E-state index contributed by atoms with van der Waals surface area (Å²) in [7, 11) is 0. The SMILES string of the molecule is CC1CCC(O)(Cc2ccc(I)cc2)CC1. The topological polar surface area (TPSA) is 20.2 Å². The summed E-state index contributed by atoms with van der Waals surface area (Å²) in [6, 6.07) is 8.50. The fraction of sp³-hybridized carbons (Fsp3) is 0.571. The highest BCUT2D eigenvalue weighted by Crippen LogP contribution is 2.34. The molecule has 1 aliphatic rings. The molecule has 0 atom stereocenters. The van der Waals surface area contributed by atoms with Crippen molar-refractivity contribution in [3.8, 4) is 0 Å². The van der Waals surface area contributed by atoms with E-state index in [0.717, 1.165) is 25.2 Å². The van der Waals surface area contributed by atoms with Gasteiger partial charge in [0.25, 0.3) is 0 Å². The van der Waals surface area contributed by atoms with Gasteiger partial charge in [0.05, 0.1) is 5.60 Å². The summed E-state index contributed by atoms with van der Waals surface area (Å²) in [5, 5.41) is 10.5. The molecule has 16 heavy (non-hydrogen) atoms. The maximum Gasteiger partial charge on any atom is 0.0688 e. The number of hydrogen-bond acceptors (Lipinski definition) is 1. The van der Waals surface area contributed by atoms with Crippen molar-refractivity contribution < 1.29 is 5.11 Å². The first kappa shape index (κ1) is 12.4. The van der Waals surface area contributed by atoms with Gasteiger partial charge in [-0.15, -0.1) is 0 Å². The van der Waals surface area contributed by atoms with Gasteiger partial charge in [-0.1, -0.05) is 19.1 Å². The van der Waals surface area contributed by atoms with Crippen LogP contribution in [0, 0.1) is 9.49 Å². The standard InChI is InChI=1S/C14H19IO/c1-11-6-8-14(16,9-7-11)10-12-2-4-13(15)5-3-12/h2-5,11,16H,6-10H2,1H3. The Bertz CT molecular complexity index is 336. The number of halogens is 1. The number of benzene rings is 1. The molecular weight excluding hydrogens is 311 g/mol. The molecule has 0 amide bonds. The molecule has 0 bridgehead atoms. The summed E-state index contributed by atoms with van der Waals surface area (Å²) in [6.45, 7) is 2.28. The molecule has 0 radical (unpaired) electrons. The fourth-order valence-corrected chi connectivity index (χ4v) is 2.82. The van der Waals surface area contributed by atoms with E-state index in [2.05, 4.69) is 53.8 Å². The van der Waals surface area contributed by atoms with Crippen LogP contribution < -0.4 is 0 Å². The van der Waals surface area contributed by atoms with Gasteiger partial charge in [0.15, 0.2) is 0 Å². The third-order valence-electron chi connectivity index (χ3n) is 3.65. The Morgan fingerprint density at radius 1 is 1.25 bits per heavy atom. The Morgan fingerprint density at radius 2 is 1.81 bits per heavy atom. The van der Waals surface area contributed by atoms with E-state index in [4.69, 9.17) is 0 Å². The van der Waals surface area contributed by atoms with Crippen LogP contribution in [0.4, 0.5) is 0 Å². The van der Waals surface area contributed by atoms with Crippen molar-refractivity contribution in [2.45, 2.75) is 44.6 Å². The minimum Gasteiger partial charge on any atom is -0.390 e. The Kier molecular flexibility index (Phi) is 3.90. The van der Waals surface area contributed by atoms with Gasteiger partial charge in [0.1, 0.15) is 0 Å². The molecule has 0 heterocycles. The van der Waals surface area contributed by atoms with Crippen molar-refractivity contribution in [3.05, 3.63) is 33.4 Å². The normalized spacial score (nSPS) is 30.3. The Morgan fingerprint density at radius 3 is 2.38 bits per heavy atom. The largest absolute Gasteiger partial charge is 0.390 e. The molecule has 2 heteroatoms. The lowest BCUT2D eigenvalue weighted by atomic mass is 9.76. The second-order valence-electron chi connectivity index (χ2n) is 5.21. The maximum absolute atomic E-state index is 10.5. The third-order valence-corrected chi connectivity index (χ3v) is 4.37. The molecule has 1 aromatic carbocycles. The molecule has 1 N–H and O–H groups in total. The van der Waals surface area contributed by atoms with Gasteiger partial charge in [0.2, 0.25) is 0 Å². The van der Waals surface area contributed by atoms with Crippen molar-refractivity contribution in [3.63, 3.8) is 0 Å². The zero-order valence-corrected chi connectivity index (χ0v) is 11.9. The van der Waals surface area contributed by atoms with E-state index in [1.54, 1.807) is 0 Å². The summed E-state index contributed by atoms with van der Waals surface area (Å²) < 4.78 is 1.26. The molecule has 1 aliphatic carbocycles. The summed E-state index contributed by atoms with van der Waals surface area (Å²) >= 11 is 2.31. The quantitative estimate of drug-likeness (QED) is 0.819. The van der Waals surface area contributed by atoms with Crippen LogP contribution in [0.1, 0.15) is 38.2 Å². The third kappa shape index (κ3) is 3.20. The molecule has 1 saturated carbocycles. The predicted molar refractivity (Wildman–Crippen MR) is 75.4 cm³/mol. The average Bonchev–Trinajstić information content (AvgIpc) is 2.27.